The zero-order valence-corrected chi connectivity index (χ0v) is 16.9. The van der Waals surface area contributed by atoms with E-state index in [9.17, 15) is 10.2 Å². The maximum absolute atomic E-state index is 15.6. The van der Waals surface area contributed by atoms with E-state index in [2.05, 4.69) is 19.9 Å². The molecule has 0 bridgehead atoms. The molecule has 1 atom stereocenters. The van der Waals surface area contributed by atoms with Crippen molar-refractivity contribution in [2.24, 2.45) is 0 Å². The maximum atomic E-state index is 15.6. The Morgan fingerprint density at radius 1 is 1.16 bits per heavy atom. The number of nitrogens with zero attached hydrogens (tertiary/aromatic N) is 4. The van der Waals surface area contributed by atoms with Gasteiger partial charge in [-0.25, -0.2) is 4.39 Å². The minimum absolute atomic E-state index is 0.00485. The molecule has 2 N–H and O–H groups in total. The fourth-order valence-corrected chi connectivity index (χ4v) is 4.13. The molecule has 31 heavy (non-hydrogen) atoms. The SMILES string of the molecule is CN1CCC[C@H]1COc1nc(O)c2cnc(-c3cc(O)cc4ccccc34)c(F)c2n1. The summed E-state index contributed by atoms with van der Waals surface area (Å²) in [5.74, 6) is -1.10. The Kier molecular flexibility index (Phi) is 4.78. The summed E-state index contributed by atoms with van der Waals surface area (Å²) in [5, 5.41) is 22.0. The molecule has 3 heterocycles. The fourth-order valence-electron chi connectivity index (χ4n) is 4.13. The summed E-state index contributed by atoms with van der Waals surface area (Å²) >= 11 is 0. The van der Waals surface area contributed by atoms with E-state index >= 15 is 4.39 Å². The number of rotatable bonds is 4. The molecule has 0 radical (unpaired) electrons. The Morgan fingerprint density at radius 3 is 2.81 bits per heavy atom. The monoisotopic (exact) mass is 420 g/mol. The molecule has 1 aliphatic rings. The summed E-state index contributed by atoms with van der Waals surface area (Å²) in [6, 6.07) is 10.6. The number of pyridine rings is 1. The first-order chi connectivity index (χ1) is 15.0. The number of hydrogen-bond donors (Lipinski definition) is 2. The number of aromatic hydroxyl groups is 2. The number of ether oxygens (including phenoxy) is 1. The number of phenols is 1. The second-order valence-electron chi connectivity index (χ2n) is 7.81. The highest BCUT2D eigenvalue weighted by atomic mass is 19.1. The molecule has 4 aromatic rings. The molecule has 0 saturated carbocycles. The minimum atomic E-state index is -0.714. The third-order valence-electron chi connectivity index (χ3n) is 5.82. The lowest BCUT2D eigenvalue weighted by molar-refractivity contribution is 0.187. The standard InChI is InChI=1S/C23H21FN4O3/c1-28-8-4-6-14(28)12-31-23-26-21-18(22(30)27-23)11-25-20(19(21)24)17-10-15(29)9-13-5-2-3-7-16(13)17/h2-3,5,7,9-11,14,29H,4,6,8,12H2,1H3,(H,26,27,30)/t14-/m0/s1. The van der Waals surface area contributed by atoms with Crippen molar-refractivity contribution in [1.82, 2.24) is 19.9 Å². The van der Waals surface area contributed by atoms with Crippen molar-refractivity contribution in [3.63, 3.8) is 0 Å². The number of halogens is 1. The molecule has 0 spiro atoms. The topological polar surface area (TPSA) is 91.6 Å². The number of likely N-dealkylation sites (tertiary alicyclic amines) is 1. The lowest BCUT2D eigenvalue weighted by Crippen LogP contribution is -2.30. The normalized spacial score (nSPS) is 16.9. The molecule has 1 fully saturated rings. The van der Waals surface area contributed by atoms with Crippen LogP contribution < -0.4 is 4.74 Å². The van der Waals surface area contributed by atoms with Gasteiger partial charge in [-0.3, -0.25) is 4.98 Å². The van der Waals surface area contributed by atoms with E-state index in [-0.39, 0.29) is 34.4 Å². The van der Waals surface area contributed by atoms with E-state index < -0.39 is 11.7 Å². The Bertz CT molecular complexity index is 1300. The third kappa shape index (κ3) is 3.48. The van der Waals surface area contributed by atoms with Gasteiger partial charge >= 0.3 is 6.01 Å². The quantitative estimate of drug-likeness (QED) is 0.518. The van der Waals surface area contributed by atoms with Crippen LogP contribution >= 0.6 is 0 Å². The average molecular weight is 420 g/mol. The number of aromatic nitrogens is 3. The number of benzene rings is 2. The van der Waals surface area contributed by atoms with Crippen LogP contribution in [0, 0.1) is 5.82 Å². The van der Waals surface area contributed by atoms with Crippen molar-refractivity contribution in [3.05, 3.63) is 48.4 Å². The molecule has 0 aliphatic carbocycles. The smallest absolute Gasteiger partial charge is 0.320 e. The van der Waals surface area contributed by atoms with E-state index in [1.165, 1.54) is 12.3 Å². The van der Waals surface area contributed by atoms with E-state index in [0.29, 0.717) is 12.2 Å². The van der Waals surface area contributed by atoms with Crippen LogP contribution in [0.15, 0.2) is 42.6 Å². The first-order valence-electron chi connectivity index (χ1n) is 10.1. The molecule has 7 nitrogen and oxygen atoms in total. The number of likely N-dealkylation sites (N-methyl/N-ethyl adjacent to an activating group) is 1. The lowest BCUT2D eigenvalue weighted by Gasteiger charge is -2.19. The van der Waals surface area contributed by atoms with Gasteiger partial charge in [-0.1, -0.05) is 24.3 Å². The highest BCUT2D eigenvalue weighted by Gasteiger charge is 2.23. The molecular formula is C23H21FN4O3. The van der Waals surface area contributed by atoms with Gasteiger partial charge in [-0.05, 0) is 49.3 Å². The Hall–Kier alpha value is -3.52. The summed E-state index contributed by atoms with van der Waals surface area (Å²) < 4.78 is 21.3. The van der Waals surface area contributed by atoms with E-state index in [4.69, 9.17) is 4.74 Å². The van der Waals surface area contributed by atoms with Gasteiger partial charge in [0.25, 0.3) is 0 Å². The van der Waals surface area contributed by atoms with E-state index in [1.54, 1.807) is 6.07 Å². The van der Waals surface area contributed by atoms with Crippen molar-refractivity contribution < 1.29 is 19.3 Å². The van der Waals surface area contributed by atoms with Gasteiger partial charge in [-0.2, -0.15) is 9.97 Å². The van der Waals surface area contributed by atoms with E-state index in [0.717, 1.165) is 30.2 Å². The highest BCUT2D eigenvalue weighted by molar-refractivity contribution is 5.99. The number of hydrogen-bond acceptors (Lipinski definition) is 7. The predicted molar refractivity (Wildman–Crippen MR) is 115 cm³/mol. The molecule has 0 amide bonds. The van der Waals surface area contributed by atoms with Crippen LogP contribution in [0.3, 0.4) is 0 Å². The van der Waals surface area contributed by atoms with Crippen LogP contribution in [0.5, 0.6) is 17.6 Å². The third-order valence-corrected chi connectivity index (χ3v) is 5.82. The maximum Gasteiger partial charge on any atom is 0.320 e. The largest absolute Gasteiger partial charge is 0.508 e. The van der Waals surface area contributed by atoms with Crippen LogP contribution in [0.4, 0.5) is 4.39 Å². The second kappa shape index (κ2) is 7.63. The molecule has 158 valence electrons. The van der Waals surface area contributed by atoms with Crippen molar-refractivity contribution in [2.75, 3.05) is 20.2 Å². The van der Waals surface area contributed by atoms with Crippen molar-refractivity contribution in [3.8, 4) is 28.9 Å². The Balaban J connectivity index is 1.59. The van der Waals surface area contributed by atoms with Gasteiger partial charge in [-0.15, -0.1) is 0 Å². The van der Waals surface area contributed by atoms with Gasteiger partial charge < -0.3 is 19.8 Å². The average Bonchev–Trinajstić information content (AvgIpc) is 3.17. The molecular weight excluding hydrogens is 399 g/mol. The molecule has 2 aromatic carbocycles. The van der Waals surface area contributed by atoms with Crippen LogP contribution in [-0.4, -0.2) is 56.3 Å². The van der Waals surface area contributed by atoms with Gasteiger partial charge in [0.2, 0.25) is 5.88 Å². The minimum Gasteiger partial charge on any atom is -0.508 e. The highest BCUT2D eigenvalue weighted by Crippen LogP contribution is 2.36. The summed E-state index contributed by atoms with van der Waals surface area (Å²) in [6.07, 6.45) is 3.43. The van der Waals surface area contributed by atoms with Crippen molar-refractivity contribution in [2.45, 2.75) is 18.9 Å². The molecule has 2 aromatic heterocycles. The number of phenolic OH excluding ortho intramolecular Hbond substituents is 1. The zero-order chi connectivity index (χ0) is 21.5. The predicted octanol–water partition coefficient (Wildman–Crippen LogP) is 3.87. The Labute approximate surface area is 177 Å². The molecule has 5 rings (SSSR count). The van der Waals surface area contributed by atoms with Gasteiger partial charge in [0.05, 0.1) is 5.39 Å². The van der Waals surface area contributed by atoms with E-state index in [1.807, 2.05) is 31.3 Å². The molecule has 1 saturated heterocycles. The number of fused-ring (bicyclic) bond motifs is 2. The summed E-state index contributed by atoms with van der Waals surface area (Å²) in [5.41, 5.74) is 0.377. The van der Waals surface area contributed by atoms with Crippen LogP contribution in [0.2, 0.25) is 0 Å². The zero-order valence-electron chi connectivity index (χ0n) is 16.9. The van der Waals surface area contributed by atoms with Gasteiger partial charge in [0.1, 0.15) is 23.6 Å². The fraction of sp³-hybridized carbons (Fsp3) is 0.261. The lowest BCUT2D eigenvalue weighted by atomic mass is 10.0. The first-order valence-corrected chi connectivity index (χ1v) is 10.1. The van der Waals surface area contributed by atoms with Crippen LogP contribution in [0.1, 0.15) is 12.8 Å². The van der Waals surface area contributed by atoms with Gasteiger partial charge in [0.15, 0.2) is 5.82 Å². The molecule has 8 heteroatoms. The second-order valence-corrected chi connectivity index (χ2v) is 7.81. The molecule has 0 unspecified atom stereocenters. The Morgan fingerprint density at radius 2 is 2.00 bits per heavy atom. The summed E-state index contributed by atoms with van der Waals surface area (Å²) in [4.78, 5) is 14.6. The van der Waals surface area contributed by atoms with Crippen molar-refractivity contribution >= 4 is 21.7 Å². The summed E-state index contributed by atoms with van der Waals surface area (Å²) in [7, 11) is 2.02. The molecule has 1 aliphatic heterocycles. The summed E-state index contributed by atoms with van der Waals surface area (Å²) in [6.45, 7) is 1.36. The van der Waals surface area contributed by atoms with Crippen LogP contribution in [-0.2, 0) is 0 Å². The van der Waals surface area contributed by atoms with Gasteiger partial charge in [0, 0.05) is 17.8 Å². The first kappa shape index (κ1) is 19.4. The van der Waals surface area contributed by atoms with Crippen LogP contribution in [0.25, 0.3) is 32.9 Å². The van der Waals surface area contributed by atoms with Crippen molar-refractivity contribution in [1.29, 1.82) is 0 Å².